The second kappa shape index (κ2) is 8.23. The molecule has 7 heteroatoms. The number of nitro benzene ring substituents is 1. The van der Waals surface area contributed by atoms with Crippen LogP contribution in [0.25, 0.3) is 0 Å². The van der Waals surface area contributed by atoms with E-state index in [0.717, 1.165) is 30.2 Å². The maximum atomic E-state index is 13.3. The molecule has 2 N–H and O–H groups in total. The Morgan fingerprint density at radius 1 is 1.28 bits per heavy atom. The normalized spacial score (nSPS) is 11.6. The van der Waals surface area contributed by atoms with E-state index in [0.29, 0.717) is 5.69 Å². The number of carbonyl (C=O) groups excluding carboxylic acids is 1. The number of nitrogens with zero attached hydrogens (tertiary/aromatic N) is 1. The van der Waals surface area contributed by atoms with Crippen molar-refractivity contribution in [3.63, 3.8) is 0 Å². The smallest absolute Gasteiger partial charge is 0.292 e. The molecule has 1 unspecified atom stereocenters. The fourth-order valence-electron chi connectivity index (χ4n) is 2.22. The molecule has 2 aromatic rings. The van der Waals surface area contributed by atoms with Crippen molar-refractivity contribution in [3.05, 3.63) is 64.0 Å². The van der Waals surface area contributed by atoms with Gasteiger partial charge in [-0.15, -0.1) is 0 Å². The van der Waals surface area contributed by atoms with Gasteiger partial charge in [0.05, 0.1) is 4.92 Å². The number of rotatable bonds is 7. The average Bonchev–Trinajstić information content (AvgIpc) is 2.59. The van der Waals surface area contributed by atoms with Crippen LogP contribution in [-0.2, 0) is 11.3 Å². The molecule has 0 radical (unpaired) electrons. The minimum atomic E-state index is -0.565. The Bertz CT molecular complexity index is 780. The molecule has 0 aliphatic carbocycles. The molecule has 0 bridgehead atoms. The van der Waals surface area contributed by atoms with Gasteiger partial charge in [-0.05, 0) is 30.2 Å². The Balaban J connectivity index is 2.09. The fraction of sp³-hybridized carbons (Fsp3) is 0.278. The molecule has 0 spiro atoms. The van der Waals surface area contributed by atoms with Gasteiger partial charge >= 0.3 is 0 Å². The summed E-state index contributed by atoms with van der Waals surface area (Å²) in [6.45, 7) is 4.05. The van der Waals surface area contributed by atoms with Crippen molar-refractivity contribution >= 4 is 23.0 Å². The third-order valence-corrected chi connectivity index (χ3v) is 3.89. The minimum absolute atomic E-state index is 0.0617. The molecule has 6 nitrogen and oxygen atoms in total. The third-order valence-electron chi connectivity index (χ3n) is 3.89. The van der Waals surface area contributed by atoms with Crippen molar-refractivity contribution in [2.75, 3.05) is 10.6 Å². The van der Waals surface area contributed by atoms with Crippen LogP contribution in [-0.4, -0.2) is 10.8 Å². The molecule has 0 saturated carbocycles. The number of carbonyl (C=O) groups is 1. The molecule has 0 saturated heterocycles. The third kappa shape index (κ3) is 5.00. The van der Waals surface area contributed by atoms with E-state index < -0.39 is 10.7 Å². The predicted octanol–water partition coefficient (Wildman–Crippen LogP) is 4.33. The molecule has 132 valence electrons. The molecular formula is C18H20FN3O3. The summed E-state index contributed by atoms with van der Waals surface area (Å²) in [4.78, 5) is 22.4. The van der Waals surface area contributed by atoms with E-state index in [9.17, 15) is 19.3 Å². The number of nitrogens with one attached hydrogen (secondary N) is 2. The molecule has 2 aromatic carbocycles. The second-order valence-corrected chi connectivity index (χ2v) is 5.77. The first-order valence-corrected chi connectivity index (χ1v) is 7.98. The number of benzene rings is 2. The summed E-state index contributed by atoms with van der Waals surface area (Å²) in [5, 5.41) is 16.7. The van der Waals surface area contributed by atoms with E-state index in [1.165, 1.54) is 0 Å². The summed E-state index contributed by atoms with van der Waals surface area (Å²) in [5.41, 5.74) is 1.38. The molecule has 0 aliphatic rings. The highest BCUT2D eigenvalue weighted by atomic mass is 19.1. The highest BCUT2D eigenvalue weighted by Crippen LogP contribution is 2.25. The van der Waals surface area contributed by atoms with Crippen molar-refractivity contribution in [3.8, 4) is 0 Å². The largest absolute Gasteiger partial charge is 0.375 e. The highest BCUT2D eigenvalue weighted by Gasteiger charge is 2.14. The van der Waals surface area contributed by atoms with Gasteiger partial charge in [-0.25, -0.2) is 4.39 Å². The highest BCUT2D eigenvalue weighted by molar-refractivity contribution is 5.92. The second-order valence-electron chi connectivity index (χ2n) is 5.77. The lowest BCUT2D eigenvalue weighted by atomic mass is 10.1. The number of hydrogen-bond donors (Lipinski definition) is 2. The van der Waals surface area contributed by atoms with Gasteiger partial charge in [0.1, 0.15) is 11.5 Å². The van der Waals surface area contributed by atoms with Crippen molar-refractivity contribution < 1.29 is 14.1 Å². The van der Waals surface area contributed by atoms with Crippen molar-refractivity contribution in [2.45, 2.75) is 26.8 Å². The van der Waals surface area contributed by atoms with Gasteiger partial charge in [-0.1, -0.05) is 26.0 Å². The van der Waals surface area contributed by atoms with E-state index in [4.69, 9.17) is 0 Å². The van der Waals surface area contributed by atoms with Gasteiger partial charge in [0.25, 0.3) is 5.69 Å². The first kappa shape index (κ1) is 18.4. The van der Waals surface area contributed by atoms with Gasteiger partial charge in [0.2, 0.25) is 5.91 Å². The van der Waals surface area contributed by atoms with Crippen molar-refractivity contribution in [1.29, 1.82) is 0 Å². The van der Waals surface area contributed by atoms with Gasteiger partial charge in [0, 0.05) is 30.3 Å². The van der Waals surface area contributed by atoms with E-state index in [1.54, 1.807) is 18.2 Å². The molecule has 2 rings (SSSR count). The number of nitro groups is 1. The van der Waals surface area contributed by atoms with Gasteiger partial charge < -0.3 is 10.6 Å². The van der Waals surface area contributed by atoms with Crippen LogP contribution >= 0.6 is 0 Å². The zero-order valence-corrected chi connectivity index (χ0v) is 14.1. The van der Waals surface area contributed by atoms with Gasteiger partial charge in [-0.2, -0.15) is 0 Å². The van der Waals surface area contributed by atoms with E-state index in [2.05, 4.69) is 10.6 Å². The Kier molecular flexibility index (Phi) is 6.05. The fourth-order valence-corrected chi connectivity index (χ4v) is 2.22. The van der Waals surface area contributed by atoms with Crippen LogP contribution < -0.4 is 10.6 Å². The Hall–Kier alpha value is -2.96. The standard InChI is InChI=1S/C18H20FN3O3/c1-3-12(2)18(23)21-15-6-4-5-13(9-15)11-20-16-10-14(19)7-8-17(16)22(24)25/h4-10,12,20H,3,11H2,1-2H3,(H,21,23). The summed E-state index contributed by atoms with van der Waals surface area (Å²) in [5.74, 6) is -0.701. The van der Waals surface area contributed by atoms with Gasteiger partial charge in [-0.3, -0.25) is 14.9 Å². The molecular weight excluding hydrogens is 325 g/mol. The van der Waals surface area contributed by atoms with E-state index in [1.807, 2.05) is 19.9 Å². The Morgan fingerprint density at radius 2 is 2.04 bits per heavy atom. The average molecular weight is 345 g/mol. The van der Waals surface area contributed by atoms with Crippen LogP contribution in [0.1, 0.15) is 25.8 Å². The molecule has 25 heavy (non-hydrogen) atoms. The van der Waals surface area contributed by atoms with Crippen molar-refractivity contribution in [1.82, 2.24) is 0 Å². The van der Waals surface area contributed by atoms with E-state index in [-0.39, 0.29) is 29.7 Å². The summed E-state index contributed by atoms with van der Waals surface area (Å²) < 4.78 is 13.3. The maximum absolute atomic E-state index is 13.3. The molecule has 1 amide bonds. The SMILES string of the molecule is CCC(C)C(=O)Nc1cccc(CNc2cc(F)ccc2[N+](=O)[O-])c1. The lowest BCUT2D eigenvalue weighted by molar-refractivity contribution is -0.384. The number of halogens is 1. The number of hydrogen-bond acceptors (Lipinski definition) is 4. The lowest BCUT2D eigenvalue weighted by Crippen LogP contribution is -2.19. The van der Waals surface area contributed by atoms with E-state index >= 15 is 0 Å². The first-order chi connectivity index (χ1) is 11.9. The Morgan fingerprint density at radius 3 is 2.72 bits per heavy atom. The predicted molar refractivity (Wildman–Crippen MR) is 94.9 cm³/mol. The molecule has 0 fully saturated rings. The first-order valence-electron chi connectivity index (χ1n) is 7.98. The van der Waals surface area contributed by atoms with Crippen molar-refractivity contribution in [2.24, 2.45) is 5.92 Å². The van der Waals surface area contributed by atoms with Crippen LogP contribution in [0.3, 0.4) is 0 Å². The molecule has 0 aromatic heterocycles. The van der Waals surface area contributed by atoms with Crippen LogP contribution in [0.2, 0.25) is 0 Å². The van der Waals surface area contributed by atoms with Crippen LogP contribution in [0.5, 0.6) is 0 Å². The monoisotopic (exact) mass is 345 g/mol. The topological polar surface area (TPSA) is 84.3 Å². The summed E-state index contributed by atoms with van der Waals surface area (Å²) in [6, 6.07) is 10.4. The molecule has 0 aliphatic heterocycles. The van der Waals surface area contributed by atoms with Crippen LogP contribution in [0.15, 0.2) is 42.5 Å². The quantitative estimate of drug-likeness (QED) is 0.578. The number of anilines is 2. The van der Waals surface area contributed by atoms with Crippen LogP contribution in [0, 0.1) is 21.8 Å². The molecule has 1 atom stereocenters. The summed E-state index contributed by atoms with van der Waals surface area (Å²) in [7, 11) is 0. The van der Waals surface area contributed by atoms with Crippen LogP contribution in [0.4, 0.5) is 21.5 Å². The van der Waals surface area contributed by atoms with Gasteiger partial charge in [0.15, 0.2) is 0 Å². The summed E-state index contributed by atoms with van der Waals surface area (Å²) in [6.07, 6.45) is 0.746. The zero-order valence-electron chi connectivity index (χ0n) is 14.1. The minimum Gasteiger partial charge on any atom is -0.375 e. The Labute approximate surface area is 145 Å². The summed E-state index contributed by atoms with van der Waals surface area (Å²) >= 11 is 0. The lowest BCUT2D eigenvalue weighted by Gasteiger charge is -2.12. The maximum Gasteiger partial charge on any atom is 0.292 e. The molecule has 0 heterocycles. The number of amides is 1. The zero-order chi connectivity index (χ0) is 18.4.